The van der Waals surface area contributed by atoms with Gasteiger partial charge in [0.1, 0.15) is 12.6 Å². The van der Waals surface area contributed by atoms with Crippen LogP contribution in [0, 0.1) is 0 Å². The lowest BCUT2D eigenvalue weighted by atomic mass is 10.1. The molecule has 180 valence electrons. The largest absolute Gasteiger partial charge is 0.357 e. The molecule has 0 saturated carbocycles. The van der Waals surface area contributed by atoms with Gasteiger partial charge in [0, 0.05) is 13.6 Å². The normalized spacial score (nSPS) is 12.2. The van der Waals surface area contributed by atoms with Crippen LogP contribution in [0.25, 0.3) is 0 Å². The van der Waals surface area contributed by atoms with Crippen molar-refractivity contribution in [2.45, 2.75) is 39.3 Å². The van der Waals surface area contributed by atoms with Crippen LogP contribution in [0.1, 0.15) is 31.4 Å². The number of aryl methyl sites for hydroxylation is 1. The predicted molar refractivity (Wildman–Crippen MR) is 133 cm³/mol. The molecule has 0 heterocycles. The van der Waals surface area contributed by atoms with Gasteiger partial charge in [-0.15, -0.1) is 0 Å². The van der Waals surface area contributed by atoms with Gasteiger partial charge in [-0.2, -0.15) is 0 Å². The number of benzene rings is 2. The van der Waals surface area contributed by atoms with Gasteiger partial charge in [-0.1, -0.05) is 61.3 Å². The molecule has 2 aromatic carbocycles. The van der Waals surface area contributed by atoms with Crippen molar-refractivity contribution in [3.05, 3.63) is 63.6 Å². The summed E-state index contributed by atoms with van der Waals surface area (Å²) in [6.07, 6.45) is 2.00. The van der Waals surface area contributed by atoms with E-state index in [0.29, 0.717) is 34.1 Å². The van der Waals surface area contributed by atoms with Crippen LogP contribution in [0.4, 0.5) is 5.69 Å². The highest BCUT2D eigenvalue weighted by molar-refractivity contribution is 7.92. The number of anilines is 1. The van der Waals surface area contributed by atoms with Crippen LogP contribution in [0.2, 0.25) is 10.0 Å². The number of nitrogens with one attached hydrogen (secondary N) is 1. The molecular formula is C23H29Cl2N3O4S. The SMILES string of the molecule is CCc1ccccc1N(CC(=O)N(Cc1ccc(Cl)c(Cl)c1)C(CC)C(=O)NC)S(C)(=O)=O. The summed E-state index contributed by atoms with van der Waals surface area (Å²) in [4.78, 5) is 27.5. The first-order valence-electron chi connectivity index (χ1n) is 10.5. The van der Waals surface area contributed by atoms with Gasteiger partial charge in [0.05, 0.1) is 22.0 Å². The molecule has 1 N–H and O–H groups in total. The third-order valence-corrected chi connectivity index (χ3v) is 7.16. The molecule has 0 saturated heterocycles. The van der Waals surface area contributed by atoms with Crippen molar-refractivity contribution >= 4 is 50.7 Å². The fraction of sp³-hybridized carbons (Fsp3) is 0.391. The molecule has 0 radical (unpaired) electrons. The monoisotopic (exact) mass is 513 g/mol. The number of likely N-dealkylation sites (N-methyl/N-ethyl adjacent to an activating group) is 1. The smallest absolute Gasteiger partial charge is 0.244 e. The topological polar surface area (TPSA) is 86.8 Å². The molecule has 0 aliphatic heterocycles. The molecule has 1 unspecified atom stereocenters. The highest BCUT2D eigenvalue weighted by Gasteiger charge is 2.31. The molecule has 0 aromatic heterocycles. The quantitative estimate of drug-likeness (QED) is 0.522. The maximum atomic E-state index is 13.5. The van der Waals surface area contributed by atoms with Crippen LogP contribution in [0.5, 0.6) is 0 Å². The number of rotatable bonds is 10. The van der Waals surface area contributed by atoms with Crippen molar-refractivity contribution in [3.63, 3.8) is 0 Å². The Morgan fingerprint density at radius 2 is 1.73 bits per heavy atom. The van der Waals surface area contributed by atoms with Gasteiger partial charge in [-0.3, -0.25) is 13.9 Å². The summed E-state index contributed by atoms with van der Waals surface area (Å²) in [5.74, 6) is -0.848. The number of amides is 2. The summed E-state index contributed by atoms with van der Waals surface area (Å²) in [5, 5.41) is 3.27. The number of nitrogens with zero attached hydrogens (tertiary/aromatic N) is 2. The molecule has 0 fully saturated rings. The second-order valence-electron chi connectivity index (χ2n) is 7.56. The van der Waals surface area contributed by atoms with Gasteiger partial charge in [-0.25, -0.2) is 8.42 Å². The Bertz CT molecular complexity index is 1110. The Kier molecular flexibility index (Phi) is 9.57. The Balaban J connectivity index is 2.48. The molecule has 0 bridgehead atoms. The number of carbonyl (C=O) groups is 2. The number of carbonyl (C=O) groups excluding carboxylic acids is 2. The molecule has 2 amide bonds. The molecular weight excluding hydrogens is 485 g/mol. The Hall–Kier alpha value is -2.29. The Morgan fingerprint density at radius 3 is 2.27 bits per heavy atom. The molecule has 0 aliphatic carbocycles. The van der Waals surface area contributed by atoms with Crippen LogP contribution < -0.4 is 9.62 Å². The lowest BCUT2D eigenvalue weighted by Gasteiger charge is -2.33. The second-order valence-corrected chi connectivity index (χ2v) is 10.3. The van der Waals surface area contributed by atoms with E-state index < -0.39 is 28.5 Å². The van der Waals surface area contributed by atoms with Crippen LogP contribution >= 0.6 is 23.2 Å². The van der Waals surface area contributed by atoms with E-state index in [-0.39, 0.29) is 12.5 Å². The van der Waals surface area contributed by atoms with Crippen LogP contribution in [0.3, 0.4) is 0 Å². The highest BCUT2D eigenvalue weighted by atomic mass is 35.5. The first-order valence-corrected chi connectivity index (χ1v) is 13.1. The summed E-state index contributed by atoms with van der Waals surface area (Å²) >= 11 is 12.1. The molecule has 33 heavy (non-hydrogen) atoms. The summed E-state index contributed by atoms with van der Waals surface area (Å²) < 4.78 is 26.4. The maximum Gasteiger partial charge on any atom is 0.244 e. The summed E-state index contributed by atoms with van der Waals surface area (Å²) in [6, 6.07) is 11.2. The molecule has 0 spiro atoms. The van der Waals surface area contributed by atoms with Crippen LogP contribution in [-0.2, 0) is 32.6 Å². The lowest BCUT2D eigenvalue weighted by Crippen LogP contribution is -2.51. The Labute approximate surface area is 205 Å². The fourth-order valence-corrected chi connectivity index (χ4v) is 4.77. The van der Waals surface area contributed by atoms with Gasteiger partial charge in [0.15, 0.2) is 0 Å². The van der Waals surface area contributed by atoms with Crippen molar-refractivity contribution in [2.24, 2.45) is 0 Å². The maximum absolute atomic E-state index is 13.5. The number of halogens is 2. The molecule has 2 aromatic rings. The van der Waals surface area contributed by atoms with E-state index in [1.54, 1.807) is 37.3 Å². The standard InChI is InChI=1S/C23H29Cl2N3O4S/c1-5-17-9-7-8-10-21(17)28(33(4,31)32)15-22(29)27(20(6-2)23(30)26-3)14-16-11-12-18(24)19(25)13-16/h7-13,20H,5-6,14-15H2,1-4H3,(H,26,30). The van der Waals surface area contributed by atoms with E-state index in [0.717, 1.165) is 16.1 Å². The minimum Gasteiger partial charge on any atom is -0.357 e. The van der Waals surface area contributed by atoms with Crippen LogP contribution in [-0.4, -0.2) is 51.0 Å². The molecule has 10 heteroatoms. The minimum atomic E-state index is -3.78. The fourth-order valence-electron chi connectivity index (χ4n) is 3.57. The van der Waals surface area contributed by atoms with E-state index in [1.807, 2.05) is 19.1 Å². The second kappa shape index (κ2) is 11.7. The lowest BCUT2D eigenvalue weighted by molar-refractivity contribution is -0.140. The van der Waals surface area contributed by atoms with Crippen molar-refractivity contribution in [3.8, 4) is 0 Å². The minimum absolute atomic E-state index is 0.0642. The molecule has 2 rings (SSSR count). The van der Waals surface area contributed by atoms with Gasteiger partial charge < -0.3 is 10.2 Å². The zero-order valence-corrected chi connectivity index (χ0v) is 21.5. The van der Waals surface area contributed by atoms with E-state index in [2.05, 4.69) is 5.32 Å². The number of para-hydroxylation sites is 1. The zero-order valence-electron chi connectivity index (χ0n) is 19.1. The van der Waals surface area contributed by atoms with E-state index in [4.69, 9.17) is 23.2 Å². The number of hydrogen-bond acceptors (Lipinski definition) is 4. The van der Waals surface area contributed by atoms with E-state index >= 15 is 0 Å². The average molecular weight is 514 g/mol. The average Bonchev–Trinajstić information content (AvgIpc) is 2.78. The van der Waals surface area contributed by atoms with Crippen molar-refractivity contribution < 1.29 is 18.0 Å². The first kappa shape index (κ1) is 27.0. The van der Waals surface area contributed by atoms with Gasteiger partial charge >= 0.3 is 0 Å². The van der Waals surface area contributed by atoms with E-state index in [1.165, 1.54) is 11.9 Å². The van der Waals surface area contributed by atoms with Crippen molar-refractivity contribution in [1.29, 1.82) is 0 Å². The van der Waals surface area contributed by atoms with E-state index in [9.17, 15) is 18.0 Å². The number of hydrogen-bond donors (Lipinski definition) is 1. The molecule has 1 atom stereocenters. The molecule has 7 nitrogen and oxygen atoms in total. The van der Waals surface area contributed by atoms with Crippen molar-refractivity contribution in [2.75, 3.05) is 24.2 Å². The van der Waals surface area contributed by atoms with Gasteiger partial charge in [0.2, 0.25) is 21.8 Å². The summed E-state index contributed by atoms with van der Waals surface area (Å²) in [7, 11) is -2.28. The van der Waals surface area contributed by atoms with Gasteiger partial charge in [0.25, 0.3) is 0 Å². The third-order valence-electron chi connectivity index (χ3n) is 5.29. The third kappa shape index (κ3) is 6.85. The Morgan fingerprint density at radius 1 is 1.06 bits per heavy atom. The van der Waals surface area contributed by atoms with Crippen LogP contribution in [0.15, 0.2) is 42.5 Å². The number of sulfonamides is 1. The predicted octanol–water partition coefficient (Wildman–Crippen LogP) is 3.88. The summed E-state index contributed by atoms with van der Waals surface area (Å²) in [5.41, 5.74) is 1.91. The molecule has 0 aliphatic rings. The highest BCUT2D eigenvalue weighted by Crippen LogP contribution is 2.26. The summed E-state index contributed by atoms with van der Waals surface area (Å²) in [6.45, 7) is 3.32. The first-order chi connectivity index (χ1) is 15.5. The van der Waals surface area contributed by atoms with Crippen molar-refractivity contribution in [1.82, 2.24) is 10.2 Å². The zero-order chi connectivity index (χ0) is 24.8. The van der Waals surface area contributed by atoms with Gasteiger partial charge in [-0.05, 0) is 42.2 Å².